The largest absolute Gasteiger partial charge is 0.342 e. The summed E-state index contributed by atoms with van der Waals surface area (Å²) in [7, 11) is 0. The van der Waals surface area contributed by atoms with Gasteiger partial charge in [0.05, 0.1) is 16.9 Å². The average molecular weight is 429 g/mol. The first kappa shape index (κ1) is 20.6. The Bertz CT molecular complexity index is 882. The second-order valence-corrected chi connectivity index (χ2v) is 9.20. The molecule has 1 unspecified atom stereocenters. The number of H-pyrrole nitrogens is 1. The van der Waals surface area contributed by atoms with Crippen molar-refractivity contribution in [3.05, 3.63) is 26.6 Å². The Morgan fingerprint density at radius 1 is 1.37 bits per heavy atom. The van der Waals surface area contributed by atoms with Gasteiger partial charge in [-0.05, 0) is 50.1 Å². The first-order valence-electron chi connectivity index (χ1n) is 9.24. The monoisotopic (exact) mass is 428 g/mol. The number of aryl methyl sites for hydroxylation is 2. The molecule has 0 bridgehead atoms. The second-order valence-electron chi connectivity index (χ2n) is 7.13. The number of thioether (sulfide) groups is 1. The van der Waals surface area contributed by atoms with Crippen LogP contribution in [-0.4, -0.2) is 46.2 Å². The molecule has 0 aromatic carbocycles. The summed E-state index contributed by atoms with van der Waals surface area (Å²) in [5.41, 5.74) is 6.87. The number of aromatic nitrogens is 2. The molecule has 9 heteroatoms. The van der Waals surface area contributed by atoms with E-state index in [4.69, 9.17) is 5.73 Å². The molecule has 0 spiro atoms. The number of thiophene rings is 1. The highest BCUT2D eigenvalue weighted by Crippen LogP contribution is 2.33. The van der Waals surface area contributed by atoms with Gasteiger partial charge < -0.3 is 15.6 Å². The Morgan fingerprint density at radius 2 is 2.19 bits per heavy atom. The van der Waals surface area contributed by atoms with E-state index in [-0.39, 0.29) is 23.9 Å². The highest BCUT2D eigenvalue weighted by molar-refractivity contribution is 7.99. The van der Waals surface area contributed by atoms with Gasteiger partial charge in [0.2, 0.25) is 5.91 Å². The smallest absolute Gasteiger partial charge is 0.259 e. The number of hydrogen-bond acceptors (Lipinski definition) is 6. The van der Waals surface area contributed by atoms with Crippen molar-refractivity contribution in [2.24, 2.45) is 11.7 Å². The lowest BCUT2D eigenvalue weighted by atomic mass is 9.97. The van der Waals surface area contributed by atoms with E-state index in [1.54, 1.807) is 11.3 Å². The molecule has 3 N–H and O–H groups in total. The summed E-state index contributed by atoms with van der Waals surface area (Å²) in [6.45, 7) is 2.23. The van der Waals surface area contributed by atoms with Gasteiger partial charge in [-0.3, -0.25) is 9.59 Å². The number of aromatic amines is 1. The maximum absolute atomic E-state index is 12.5. The van der Waals surface area contributed by atoms with Gasteiger partial charge in [0, 0.05) is 18.0 Å². The quantitative estimate of drug-likeness (QED) is 0.762. The van der Waals surface area contributed by atoms with Crippen LogP contribution in [0.15, 0.2) is 4.79 Å². The Hall–Kier alpha value is -1.09. The third-order valence-corrected chi connectivity index (χ3v) is 7.42. The predicted molar refractivity (Wildman–Crippen MR) is 114 cm³/mol. The van der Waals surface area contributed by atoms with Crippen molar-refractivity contribution in [3.8, 4) is 0 Å². The van der Waals surface area contributed by atoms with Crippen LogP contribution in [0.2, 0.25) is 0 Å². The van der Waals surface area contributed by atoms with Gasteiger partial charge in [-0.2, -0.15) is 0 Å². The predicted octanol–water partition coefficient (Wildman–Crippen LogP) is 2.33. The Labute approximate surface area is 172 Å². The van der Waals surface area contributed by atoms with Gasteiger partial charge in [0.15, 0.2) is 0 Å². The van der Waals surface area contributed by atoms with Crippen molar-refractivity contribution < 1.29 is 4.79 Å². The van der Waals surface area contributed by atoms with Crippen LogP contribution in [0.4, 0.5) is 0 Å². The number of nitrogens with zero attached hydrogens (tertiary/aromatic N) is 2. The minimum atomic E-state index is -0.0262. The van der Waals surface area contributed by atoms with Crippen LogP contribution >= 0.6 is 35.5 Å². The first-order chi connectivity index (χ1) is 12.7. The molecule has 1 atom stereocenters. The van der Waals surface area contributed by atoms with Crippen molar-refractivity contribution in [1.82, 2.24) is 14.9 Å². The molecule has 1 saturated heterocycles. The number of nitrogens with two attached hydrogens (primary N) is 1. The molecule has 0 radical (unpaired) electrons. The van der Waals surface area contributed by atoms with Crippen molar-refractivity contribution >= 4 is 51.6 Å². The molecule has 2 aromatic rings. The SMILES string of the molecule is Cl.NCC1CCN(C(=O)CSCc2nc3sc4c(c3c(=O)[nH]2)CCCC4)C1. The summed E-state index contributed by atoms with van der Waals surface area (Å²) in [6, 6.07) is 0. The topological polar surface area (TPSA) is 92.1 Å². The number of halogens is 1. The third-order valence-electron chi connectivity index (χ3n) is 5.31. The average Bonchev–Trinajstić information content (AvgIpc) is 3.26. The van der Waals surface area contributed by atoms with Crippen LogP contribution in [0.25, 0.3) is 10.2 Å². The highest BCUT2D eigenvalue weighted by Gasteiger charge is 2.25. The van der Waals surface area contributed by atoms with E-state index in [1.807, 2.05) is 4.90 Å². The van der Waals surface area contributed by atoms with Gasteiger partial charge in [0.1, 0.15) is 10.7 Å². The van der Waals surface area contributed by atoms with Crippen LogP contribution < -0.4 is 11.3 Å². The maximum Gasteiger partial charge on any atom is 0.259 e. The summed E-state index contributed by atoms with van der Waals surface area (Å²) in [4.78, 5) is 36.5. The van der Waals surface area contributed by atoms with Gasteiger partial charge >= 0.3 is 0 Å². The van der Waals surface area contributed by atoms with Crippen LogP contribution in [0.1, 0.15) is 35.5 Å². The Kier molecular flexibility index (Phi) is 6.83. The molecule has 2 aliphatic rings. The molecule has 4 rings (SSSR count). The Balaban J connectivity index is 0.00000210. The van der Waals surface area contributed by atoms with E-state index in [2.05, 4.69) is 9.97 Å². The maximum atomic E-state index is 12.5. The zero-order chi connectivity index (χ0) is 18.1. The highest BCUT2D eigenvalue weighted by atomic mass is 35.5. The number of rotatable bonds is 5. The molecule has 1 fully saturated rings. The van der Waals surface area contributed by atoms with Gasteiger partial charge in [-0.1, -0.05) is 0 Å². The summed E-state index contributed by atoms with van der Waals surface area (Å²) >= 11 is 3.18. The molecule has 1 aliphatic carbocycles. The molecule has 2 aromatic heterocycles. The number of nitrogens with one attached hydrogen (secondary N) is 1. The lowest BCUT2D eigenvalue weighted by Crippen LogP contribution is -2.31. The fraction of sp³-hybridized carbons (Fsp3) is 0.611. The van der Waals surface area contributed by atoms with E-state index in [1.165, 1.54) is 28.6 Å². The molecule has 3 heterocycles. The summed E-state index contributed by atoms with van der Waals surface area (Å²) in [6.07, 6.45) is 5.40. The lowest BCUT2D eigenvalue weighted by molar-refractivity contribution is -0.127. The standard InChI is InChI=1S/C18H24N4O2S2.ClH/c19-7-11-5-6-22(8-11)15(23)10-25-9-14-20-17(24)16-12-3-1-2-4-13(12)26-18(16)21-14;/h11H,1-10,19H2,(H,20,21,24);1H. The van der Waals surface area contributed by atoms with Crippen molar-refractivity contribution in [3.63, 3.8) is 0 Å². The number of carbonyl (C=O) groups excluding carboxylic acids is 1. The summed E-state index contributed by atoms with van der Waals surface area (Å²) < 4.78 is 0. The van der Waals surface area contributed by atoms with E-state index in [0.717, 1.165) is 49.0 Å². The number of likely N-dealkylation sites (tertiary alicyclic amines) is 1. The van der Waals surface area contributed by atoms with Gasteiger partial charge in [-0.15, -0.1) is 35.5 Å². The molecular formula is C18H25ClN4O2S2. The van der Waals surface area contributed by atoms with Gasteiger partial charge in [0.25, 0.3) is 5.56 Å². The number of carbonyl (C=O) groups is 1. The van der Waals surface area contributed by atoms with Crippen LogP contribution in [0.3, 0.4) is 0 Å². The molecular weight excluding hydrogens is 404 g/mol. The van der Waals surface area contributed by atoms with Crippen molar-refractivity contribution in [2.45, 2.75) is 37.9 Å². The van der Waals surface area contributed by atoms with Crippen LogP contribution in [0.5, 0.6) is 0 Å². The van der Waals surface area contributed by atoms with Crippen molar-refractivity contribution in [2.75, 3.05) is 25.4 Å². The molecule has 0 saturated carbocycles. The second kappa shape index (κ2) is 8.94. The van der Waals surface area contributed by atoms with E-state index >= 15 is 0 Å². The summed E-state index contributed by atoms with van der Waals surface area (Å²) in [5, 5.41) is 0.791. The zero-order valence-corrected chi connectivity index (χ0v) is 17.6. The first-order valence-corrected chi connectivity index (χ1v) is 11.2. The number of amides is 1. The Morgan fingerprint density at radius 3 is 2.96 bits per heavy atom. The van der Waals surface area contributed by atoms with E-state index in [0.29, 0.717) is 29.8 Å². The number of fused-ring (bicyclic) bond motifs is 3. The van der Waals surface area contributed by atoms with Crippen LogP contribution in [-0.2, 0) is 23.4 Å². The molecule has 1 aliphatic heterocycles. The minimum absolute atomic E-state index is 0. The van der Waals surface area contributed by atoms with E-state index in [9.17, 15) is 9.59 Å². The molecule has 148 valence electrons. The van der Waals surface area contributed by atoms with Crippen LogP contribution in [0, 0.1) is 5.92 Å². The van der Waals surface area contributed by atoms with Gasteiger partial charge in [-0.25, -0.2) is 4.98 Å². The molecule has 27 heavy (non-hydrogen) atoms. The fourth-order valence-corrected chi connectivity index (χ4v) is 5.92. The summed E-state index contributed by atoms with van der Waals surface area (Å²) in [5.74, 6) is 2.23. The molecule has 1 amide bonds. The minimum Gasteiger partial charge on any atom is -0.342 e. The fourth-order valence-electron chi connectivity index (χ4n) is 3.85. The lowest BCUT2D eigenvalue weighted by Gasteiger charge is -2.15. The van der Waals surface area contributed by atoms with E-state index < -0.39 is 0 Å². The number of hydrogen-bond donors (Lipinski definition) is 2. The van der Waals surface area contributed by atoms with Crippen molar-refractivity contribution in [1.29, 1.82) is 0 Å². The normalized spacial score (nSPS) is 19.1. The third kappa shape index (κ3) is 4.34. The zero-order valence-electron chi connectivity index (χ0n) is 15.2. The molecule has 6 nitrogen and oxygen atoms in total.